The van der Waals surface area contributed by atoms with Gasteiger partial charge in [0.1, 0.15) is 6.54 Å². The smallest absolute Gasteiger partial charge is 0.362 e. The van der Waals surface area contributed by atoms with Crippen LogP contribution in [0.2, 0.25) is 0 Å². The van der Waals surface area contributed by atoms with Gasteiger partial charge in [-0.1, -0.05) is 103 Å². The van der Waals surface area contributed by atoms with Gasteiger partial charge in [0.25, 0.3) is 0 Å². The number of nitrogens with zero attached hydrogens (tertiary/aromatic N) is 1. The lowest BCUT2D eigenvalue weighted by Gasteiger charge is -2.35. The molecule has 0 spiro atoms. The monoisotopic (exact) mass is 476 g/mol. The molecule has 6 heteroatoms. The minimum atomic E-state index is -4.54. The van der Waals surface area contributed by atoms with Crippen LogP contribution in [0, 0.1) is 0 Å². The number of hydrogen-bond donors (Lipinski definition) is 3. The van der Waals surface area contributed by atoms with Gasteiger partial charge in [-0.2, -0.15) is 0 Å². The molecule has 0 aromatic rings. The van der Waals surface area contributed by atoms with Gasteiger partial charge < -0.3 is 19.4 Å². The van der Waals surface area contributed by atoms with E-state index in [0.29, 0.717) is 10.9 Å². The first-order valence-electron chi connectivity index (χ1n) is 13.3. The molecule has 1 atom stereocenters. The fourth-order valence-electron chi connectivity index (χ4n) is 4.25. The summed E-state index contributed by atoms with van der Waals surface area (Å²) in [7, 11) is 0.985. The third-order valence-electron chi connectivity index (χ3n) is 6.11. The summed E-state index contributed by atoms with van der Waals surface area (Å²) in [6.07, 6.45) is 25.8. The fraction of sp³-hybridized carbons (Fsp3) is 0.923. The Bertz CT molecular complexity index is 512. The summed E-state index contributed by atoms with van der Waals surface area (Å²) >= 11 is 0. The van der Waals surface area contributed by atoms with Crippen LogP contribution in [0.1, 0.15) is 122 Å². The fourth-order valence-corrected chi connectivity index (χ4v) is 5.31. The molecule has 0 aliphatic carbocycles. The van der Waals surface area contributed by atoms with Gasteiger partial charge in [0.05, 0.1) is 21.1 Å². The van der Waals surface area contributed by atoms with Crippen molar-refractivity contribution in [1.29, 1.82) is 0 Å². The van der Waals surface area contributed by atoms with Crippen LogP contribution in [-0.4, -0.2) is 52.4 Å². The maximum atomic E-state index is 11.8. The maximum absolute atomic E-state index is 11.8. The highest BCUT2D eigenvalue weighted by Crippen LogP contribution is 2.52. The Morgan fingerprint density at radius 1 is 0.688 bits per heavy atom. The molecule has 0 fully saturated rings. The normalized spacial score (nSPS) is 14.8. The molecule has 0 aliphatic rings. The number of unbranched alkanes of at least 4 members (excludes halogenated alkanes) is 15. The van der Waals surface area contributed by atoms with E-state index < -0.39 is 12.9 Å². The van der Waals surface area contributed by atoms with Gasteiger partial charge in [-0.05, 0) is 32.1 Å². The maximum Gasteiger partial charge on any atom is 0.362 e. The van der Waals surface area contributed by atoms with Crippen molar-refractivity contribution in [3.63, 3.8) is 0 Å². The van der Waals surface area contributed by atoms with Crippen LogP contribution in [0.15, 0.2) is 12.2 Å². The SMILES string of the molecule is CCCC/C=C\CCCCCCCCCCCCCCCC(O)(C[N+](C)(C)C)P(=O)(O)O. The highest BCUT2D eigenvalue weighted by atomic mass is 31.2. The summed E-state index contributed by atoms with van der Waals surface area (Å²) in [6.45, 7) is 2.30. The molecule has 1 unspecified atom stereocenters. The van der Waals surface area contributed by atoms with Crippen molar-refractivity contribution in [2.45, 2.75) is 128 Å². The first kappa shape index (κ1) is 31.8. The summed E-state index contributed by atoms with van der Waals surface area (Å²) in [6, 6.07) is 0. The lowest BCUT2D eigenvalue weighted by Crippen LogP contribution is -2.49. The van der Waals surface area contributed by atoms with E-state index >= 15 is 0 Å². The molecule has 3 N–H and O–H groups in total. The van der Waals surface area contributed by atoms with E-state index in [2.05, 4.69) is 19.1 Å². The molecule has 0 saturated carbocycles. The molecule has 0 bridgehead atoms. The van der Waals surface area contributed by atoms with E-state index in [0.717, 1.165) is 12.8 Å². The minimum Gasteiger partial charge on any atom is -0.373 e. The largest absolute Gasteiger partial charge is 0.373 e. The number of aliphatic hydroxyl groups is 1. The van der Waals surface area contributed by atoms with Crippen LogP contribution in [0.5, 0.6) is 0 Å². The van der Waals surface area contributed by atoms with Gasteiger partial charge in [0, 0.05) is 0 Å². The van der Waals surface area contributed by atoms with E-state index in [9.17, 15) is 19.5 Å². The van der Waals surface area contributed by atoms with Crippen LogP contribution in [0.25, 0.3) is 0 Å². The van der Waals surface area contributed by atoms with Crippen LogP contribution in [0.3, 0.4) is 0 Å². The second-order valence-corrected chi connectivity index (χ2v) is 12.6. The zero-order chi connectivity index (χ0) is 24.3. The highest BCUT2D eigenvalue weighted by molar-refractivity contribution is 7.53. The van der Waals surface area contributed by atoms with Crippen LogP contribution in [-0.2, 0) is 4.57 Å². The molecule has 0 aromatic carbocycles. The number of likely N-dealkylation sites (N-methyl/N-ethyl adjacent to an activating group) is 1. The summed E-state index contributed by atoms with van der Waals surface area (Å²) in [5.41, 5.74) is 0. The predicted octanol–water partition coefficient (Wildman–Crippen LogP) is 7.16. The molecule has 0 saturated heterocycles. The zero-order valence-corrected chi connectivity index (χ0v) is 22.6. The molecule has 0 aliphatic heterocycles. The van der Waals surface area contributed by atoms with Gasteiger partial charge in [-0.15, -0.1) is 0 Å². The van der Waals surface area contributed by atoms with Crippen molar-refractivity contribution < 1.29 is 23.9 Å². The van der Waals surface area contributed by atoms with E-state index in [1.54, 1.807) is 0 Å². The first-order chi connectivity index (χ1) is 15.0. The Labute approximate surface area is 199 Å². The Balaban J connectivity index is 3.56. The third kappa shape index (κ3) is 18.3. The van der Waals surface area contributed by atoms with Gasteiger partial charge in [0.2, 0.25) is 5.34 Å². The summed E-state index contributed by atoms with van der Waals surface area (Å²) in [5.74, 6) is 0. The Morgan fingerprint density at radius 3 is 1.44 bits per heavy atom. The molecule has 0 rings (SSSR count). The summed E-state index contributed by atoms with van der Waals surface area (Å²) < 4.78 is 12.1. The first-order valence-corrected chi connectivity index (χ1v) is 14.9. The minimum absolute atomic E-state index is 0.0629. The van der Waals surface area contributed by atoms with Crippen LogP contribution >= 0.6 is 7.60 Å². The topological polar surface area (TPSA) is 77.8 Å². The average molecular weight is 477 g/mol. The number of hydrogen-bond acceptors (Lipinski definition) is 2. The molecule has 32 heavy (non-hydrogen) atoms. The Kier molecular flexibility index (Phi) is 18.1. The van der Waals surface area contributed by atoms with Crippen molar-refractivity contribution >= 4 is 7.60 Å². The molecule has 0 heterocycles. The van der Waals surface area contributed by atoms with Crippen molar-refractivity contribution in [3.8, 4) is 0 Å². The standard InChI is InChI=1S/C26H54NO4P/c1-5-6-7-8-9-10-11-12-13-14-15-16-17-18-19-20-21-22-23-24-26(28,32(29,30)31)25-27(2,3)4/h8-9,28H,5-7,10-25H2,1-4H3,(H-,29,30,31)/p+1/b9-8-. The molecular weight excluding hydrogens is 421 g/mol. The molecule has 192 valence electrons. The predicted molar refractivity (Wildman–Crippen MR) is 138 cm³/mol. The average Bonchev–Trinajstić information content (AvgIpc) is 2.67. The van der Waals surface area contributed by atoms with Gasteiger partial charge in [0.15, 0.2) is 0 Å². The molecule has 0 amide bonds. The van der Waals surface area contributed by atoms with Crippen molar-refractivity contribution in [2.75, 3.05) is 27.7 Å². The number of quaternary nitrogens is 1. The van der Waals surface area contributed by atoms with E-state index in [-0.39, 0.29) is 13.0 Å². The lowest BCUT2D eigenvalue weighted by molar-refractivity contribution is -0.875. The summed E-state index contributed by atoms with van der Waals surface area (Å²) in [4.78, 5) is 19.2. The van der Waals surface area contributed by atoms with E-state index in [1.807, 2.05) is 21.1 Å². The Morgan fingerprint density at radius 2 is 1.06 bits per heavy atom. The van der Waals surface area contributed by atoms with Gasteiger partial charge in [-0.25, -0.2) is 0 Å². The Hall–Kier alpha value is -0.190. The third-order valence-corrected chi connectivity index (χ3v) is 7.56. The van der Waals surface area contributed by atoms with Crippen LogP contribution < -0.4 is 0 Å². The molecular formula is C26H55NO4P+. The second-order valence-electron chi connectivity index (χ2n) is 10.7. The van der Waals surface area contributed by atoms with Crippen molar-refractivity contribution in [3.05, 3.63) is 12.2 Å². The molecule has 5 nitrogen and oxygen atoms in total. The van der Waals surface area contributed by atoms with Crippen molar-refractivity contribution in [2.24, 2.45) is 0 Å². The van der Waals surface area contributed by atoms with Crippen molar-refractivity contribution in [1.82, 2.24) is 0 Å². The quantitative estimate of drug-likeness (QED) is 0.0670. The molecule has 0 radical (unpaired) electrons. The van der Waals surface area contributed by atoms with E-state index in [4.69, 9.17) is 0 Å². The van der Waals surface area contributed by atoms with E-state index in [1.165, 1.54) is 89.9 Å². The summed E-state index contributed by atoms with van der Waals surface area (Å²) in [5, 5.41) is 8.64. The molecule has 0 aromatic heterocycles. The zero-order valence-electron chi connectivity index (χ0n) is 21.7. The van der Waals surface area contributed by atoms with Crippen LogP contribution in [0.4, 0.5) is 0 Å². The van der Waals surface area contributed by atoms with Gasteiger partial charge in [-0.3, -0.25) is 4.57 Å². The lowest BCUT2D eigenvalue weighted by atomic mass is 10.0. The number of allylic oxidation sites excluding steroid dienone is 2. The number of rotatable bonds is 22. The highest BCUT2D eigenvalue weighted by Gasteiger charge is 2.48. The van der Waals surface area contributed by atoms with Gasteiger partial charge >= 0.3 is 7.60 Å². The second kappa shape index (κ2) is 18.2.